The van der Waals surface area contributed by atoms with Gasteiger partial charge in [-0.1, -0.05) is 0 Å². The zero-order valence-corrected chi connectivity index (χ0v) is 11.5. The second-order valence-corrected chi connectivity index (χ2v) is 5.95. The molecular weight excluding hydrogens is 264 g/mol. The molecule has 3 atom stereocenters. The first-order valence-corrected chi connectivity index (χ1v) is 7.32. The van der Waals surface area contributed by atoms with Crippen molar-refractivity contribution < 1.29 is 4.79 Å². The summed E-state index contributed by atoms with van der Waals surface area (Å²) in [5.74, 6) is -0.0385. The fraction of sp³-hybridized carbons (Fsp3) is 0.375. The zero-order valence-electron chi connectivity index (χ0n) is 11.5. The summed E-state index contributed by atoms with van der Waals surface area (Å²) in [7, 11) is 0. The quantitative estimate of drug-likeness (QED) is 0.874. The molecule has 5 heteroatoms. The molecule has 21 heavy (non-hydrogen) atoms. The van der Waals surface area contributed by atoms with Gasteiger partial charge in [0.25, 0.3) is 5.91 Å². The SMILES string of the molecule is N#Cc1cc2ccc(C(=O)NC3CC4CCC3N4)cn2c1. The Labute approximate surface area is 122 Å². The van der Waals surface area contributed by atoms with Gasteiger partial charge in [-0.15, -0.1) is 0 Å². The molecule has 0 aromatic carbocycles. The van der Waals surface area contributed by atoms with Crippen LogP contribution in [0.25, 0.3) is 5.52 Å². The Morgan fingerprint density at radius 1 is 1.38 bits per heavy atom. The monoisotopic (exact) mass is 280 g/mol. The first kappa shape index (κ1) is 12.4. The number of amides is 1. The second kappa shape index (κ2) is 4.61. The molecule has 4 heterocycles. The molecule has 2 saturated heterocycles. The van der Waals surface area contributed by atoms with Gasteiger partial charge in [0.2, 0.25) is 0 Å². The van der Waals surface area contributed by atoms with E-state index in [0.717, 1.165) is 18.4 Å². The summed E-state index contributed by atoms with van der Waals surface area (Å²) in [6.07, 6.45) is 6.93. The maximum atomic E-state index is 12.4. The summed E-state index contributed by atoms with van der Waals surface area (Å²) in [6, 6.07) is 8.85. The Bertz CT molecular complexity index is 757. The molecular formula is C16H16N4O. The average molecular weight is 280 g/mol. The van der Waals surface area contributed by atoms with Crippen LogP contribution in [0.2, 0.25) is 0 Å². The van der Waals surface area contributed by atoms with E-state index in [1.165, 1.54) is 6.42 Å². The topological polar surface area (TPSA) is 69.3 Å². The molecule has 2 aromatic heterocycles. The lowest BCUT2D eigenvalue weighted by atomic mass is 9.95. The van der Waals surface area contributed by atoms with Crippen LogP contribution in [0, 0.1) is 11.3 Å². The Hall–Kier alpha value is -2.32. The maximum absolute atomic E-state index is 12.4. The van der Waals surface area contributed by atoms with Crippen LogP contribution in [-0.4, -0.2) is 28.4 Å². The van der Waals surface area contributed by atoms with Gasteiger partial charge in [-0.25, -0.2) is 0 Å². The third kappa shape index (κ3) is 2.08. The van der Waals surface area contributed by atoms with E-state index >= 15 is 0 Å². The van der Waals surface area contributed by atoms with Gasteiger partial charge in [-0.3, -0.25) is 4.79 Å². The standard InChI is InChI=1S/C16H16N4O/c17-7-10-5-13-3-1-11(9-20(13)8-10)16(21)19-15-6-12-2-4-14(15)18-12/h1,3,5,8-9,12,14-15,18H,2,4,6H2,(H,19,21). The summed E-state index contributed by atoms with van der Waals surface area (Å²) in [4.78, 5) is 12.4. The Morgan fingerprint density at radius 2 is 2.29 bits per heavy atom. The highest BCUT2D eigenvalue weighted by Crippen LogP contribution is 2.28. The maximum Gasteiger partial charge on any atom is 0.253 e. The van der Waals surface area contributed by atoms with Crippen LogP contribution >= 0.6 is 0 Å². The first-order chi connectivity index (χ1) is 10.2. The lowest BCUT2D eigenvalue weighted by Gasteiger charge is -2.21. The van der Waals surface area contributed by atoms with Gasteiger partial charge in [0.05, 0.1) is 11.1 Å². The number of fused-ring (bicyclic) bond motifs is 3. The van der Waals surface area contributed by atoms with Gasteiger partial charge in [-0.2, -0.15) is 5.26 Å². The van der Waals surface area contributed by atoms with Crippen molar-refractivity contribution in [3.05, 3.63) is 41.7 Å². The van der Waals surface area contributed by atoms with Crippen molar-refractivity contribution in [1.82, 2.24) is 15.0 Å². The molecule has 1 amide bonds. The van der Waals surface area contributed by atoms with Gasteiger partial charge in [0, 0.05) is 36.0 Å². The number of aromatic nitrogens is 1. The number of nitrogens with zero attached hydrogens (tertiary/aromatic N) is 2. The number of rotatable bonds is 2. The van der Waals surface area contributed by atoms with E-state index in [2.05, 4.69) is 16.7 Å². The van der Waals surface area contributed by atoms with Crippen LogP contribution in [0.3, 0.4) is 0 Å². The summed E-state index contributed by atoms with van der Waals surface area (Å²) >= 11 is 0. The largest absolute Gasteiger partial charge is 0.348 e. The van der Waals surface area contributed by atoms with E-state index in [1.54, 1.807) is 12.4 Å². The summed E-state index contributed by atoms with van der Waals surface area (Å²) in [5, 5.41) is 15.6. The third-order valence-corrected chi connectivity index (χ3v) is 4.60. The highest BCUT2D eigenvalue weighted by Gasteiger charge is 2.39. The lowest BCUT2D eigenvalue weighted by Crippen LogP contribution is -2.42. The van der Waals surface area contributed by atoms with Crippen molar-refractivity contribution >= 4 is 11.4 Å². The number of carbonyl (C=O) groups is 1. The van der Waals surface area contributed by atoms with Gasteiger partial charge in [-0.05, 0) is 37.5 Å². The Kier molecular flexibility index (Phi) is 2.72. The minimum absolute atomic E-state index is 0.0385. The van der Waals surface area contributed by atoms with E-state index in [9.17, 15) is 4.79 Å². The van der Waals surface area contributed by atoms with Crippen LogP contribution < -0.4 is 10.6 Å². The highest BCUT2D eigenvalue weighted by molar-refractivity contribution is 5.94. The predicted octanol–water partition coefficient (Wildman–Crippen LogP) is 1.43. The molecule has 0 spiro atoms. The number of hydrogen-bond donors (Lipinski definition) is 2. The van der Waals surface area contributed by atoms with Crippen LogP contribution in [0.1, 0.15) is 35.2 Å². The number of carbonyl (C=O) groups excluding carboxylic acids is 1. The van der Waals surface area contributed by atoms with Crippen LogP contribution in [-0.2, 0) is 0 Å². The molecule has 2 aliphatic rings. The van der Waals surface area contributed by atoms with E-state index < -0.39 is 0 Å². The lowest BCUT2D eigenvalue weighted by molar-refractivity contribution is 0.0930. The fourth-order valence-corrected chi connectivity index (χ4v) is 3.54. The molecule has 4 rings (SSSR count). The minimum atomic E-state index is -0.0385. The van der Waals surface area contributed by atoms with E-state index in [-0.39, 0.29) is 11.9 Å². The van der Waals surface area contributed by atoms with Gasteiger partial charge in [0.1, 0.15) is 6.07 Å². The Morgan fingerprint density at radius 3 is 3.00 bits per heavy atom. The molecule has 0 saturated carbocycles. The number of nitriles is 1. The predicted molar refractivity (Wildman–Crippen MR) is 77.9 cm³/mol. The van der Waals surface area contributed by atoms with E-state index in [4.69, 9.17) is 5.26 Å². The Balaban J connectivity index is 1.55. The molecule has 5 nitrogen and oxygen atoms in total. The van der Waals surface area contributed by atoms with Crippen molar-refractivity contribution in [2.75, 3.05) is 0 Å². The van der Waals surface area contributed by atoms with Gasteiger partial charge in [0.15, 0.2) is 0 Å². The third-order valence-electron chi connectivity index (χ3n) is 4.60. The van der Waals surface area contributed by atoms with Crippen molar-refractivity contribution in [3.63, 3.8) is 0 Å². The molecule has 2 bridgehead atoms. The smallest absolute Gasteiger partial charge is 0.253 e. The van der Waals surface area contributed by atoms with E-state index in [0.29, 0.717) is 23.2 Å². The highest BCUT2D eigenvalue weighted by atomic mass is 16.1. The van der Waals surface area contributed by atoms with Crippen molar-refractivity contribution in [1.29, 1.82) is 5.26 Å². The summed E-state index contributed by atoms with van der Waals surface area (Å²) in [5.41, 5.74) is 2.15. The summed E-state index contributed by atoms with van der Waals surface area (Å²) < 4.78 is 1.83. The van der Waals surface area contributed by atoms with Crippen LogP contribution in [0.15, 0.2) is 30.6 Å². The van der Waals surface area contributed by atoms with Crippen molar-refractivity contribution in [3.8, 4) is 6.07 Å². The molecule has 3 unspecified atom stereocenters. The van der Waals surface area contributed by atoms with Gasteiger partial charge >= 0.3 is 0 Å². The van der Waals surface area contributed by atoms with Crippen molar-refractivity contribution in [2.45, 2.75) is 37.4 Å². The fourth-order valence-electron chi connectivity index (χ4n) is 3.54. The molecule has 0 radical (unpaired) electrons. The molecule has 106 valence electrons. The second-order valence-electron chi connectivity index (χ2n) is 5.95. The number of hydrogen-bond acceptors (Lipinski definition) is 3. The molecule has 2 fully saturated rings. The number of pyridine rings is 1. The first-order valence-electron chi connectivity index (χ1n) is 7.32. The molecule has 2 N–H and O–H groups in total. The molecule has 2 aromatic rings. The van der Waals surface area contributed by atoms with Gasteiger partial charge < -0.3 is 15.0 Å². The van der Waals surface area contributed by atoms with Crippen molar-refractivity contribution in [2.24, 2.45) is 0 Å². The molecule has 2 aliphatic heterocycles. The van der Waals surface area contributed by atoms with Crippen LogP contribution in [0.5, 0.6) is 0 Å². The zero-order chi connectivity index (χ0) is 14.4. The van der Waals surface area contributed by atoms with E-state index in [1.807, 2.05) is 22.6 Å². The molecule has 0 aliphatic carbocycles. The summed E-state index contributed by atoms with van der Waals surface area (Å²) in [6.45, 7) is 0. The number of nitrogens with one attached hydrogen (secondary N) is 2. The average Bonchev–Trinajstić information content (AvgIpc) is 3.20. The normalized spacial score (nSPS) is 26.9. The van der Waals surface area contributed by atoms with Crippen LogP contribution in [0.4, 0.5) is 0 Å². The minimum Gasteiger partial charge on any atom is -0.348 e.